The van der Waals surface area contributed by atoms with Crippen molar-refractivity contribution in [3.8, 4) is 23.0 Å². The first kappa shape index (κ1) is 17.3. The molecule has 1 aromatic carbocycles. The van der Waals surface area contributed by atoms with E-state index in [-0.39, 0.29) is 35.4 Å². The van der Waals surface area contributed by atoms with Gasteiger partial charge in [0.15, 0.2) is 5.82 Å². The van der Waals surface area contributed by atoms with Gasteiger partial charge in [-0.25, -0.2) is 14.1 Å². The predicted octanol–water partition coefficient (Wildman–Crippen LogP) is 1.37. The van der Waals surface area contributed by atoms with Crippen molar-refractivity contribution in [1.82, 2.24) is 20.1 Å². The van der Waals surface area contributed by atoms with Crippen LogP contribution in [0.2, 0.25) is 0 Å². The van der Waals surface area contributed by atoms with E-state index in [1.165, 1.54) is 18.2 Å². The van der Waals surface area contributed by atoms with Crippen LogP contribution in [0.5, 0.6) is 0 Å². The Labute approximate surface area is 164 Å². The maximum atomic E-state index is 14.6. The Morgan fingerprint density at radius 3 is 2.86 bits per heavy atom. The Bertz CT molecular complexity index is 1190. The number of rotatable bonds is 3. The van der Waals surface area contributed by atoms with E-state index >= 15 is 0 Å². The predicted molar refractivity (Wildman–Crippen MR) is 101 cm³/mol. The Morgan fingerprint density at radius 2 is 2.10 bits per heavy atom. The molecule has 144 valence electrons. The lowest BCUT2D eigenvalue weighted by Crippen LogP contribution is -2.51. The summed E-state index contributed by atoms with van der Waals surface area (Å²) in [5, 5.41) is 26.1. The lowest BCUT2D eigenvalue weighted by molar-refractivity contribution is 0.0965. The standard InChI is InChI=1S/C20H15FN6O2/c21-13-3-1-2-11(7-22)18(13)14-6-16(19-15(24-14)8-23-20(19)29)27-5-4-17(25-27)26-9-12(28)10-26/h1-6,12,28H,8-10H2,(H,23,29). The van der Waals surface area contributed by atoms with Crippen molar-refractivity contribution in [2.24, 2.45) is 0 Å². The van der Waals surface area contributed by atoms with E-state index in [4.69, 9.17) is 0 Å². The maximum Gasteiger partial charge on any atom is 0.255 e. The molecule has 2 N–H and O–H groups in total. The van der Waals surface area contributed by atoms with Gasteiger partial charge in [-0.05, 0) is 18.2 Å². The van der Waals surface area contributed by atoms with Gasteiger partial charge in [0.1, 0.15) is 5.82 Å². The molecule has 0 spiro atoms. The molecule has 0 unspecified atom stereocenters. The van der Waals surface area contributed by atoms with Crippen molar-refractivity contribution in [3.05, 3.63) is 59.2 Å². The highest BCUT2D eigenvalue weighted by molar-refractivity contribution is 6.01. The third-order valence-electron chi connectivity index (χ3n) is 5.12. The minimum atomic E-state index is -0.560. The molecule has 0 aliphatic carbocycles. The number of hydrogen-bond donors (Lipinski definition) is 2. The number of hydrogen-bond acceptors (Lipinski definition) is 6. The van der Waals surface area contributed by atoms with E-state index in [2.05, 4.69) is 15.4 Å². The van der Waals surface area contributed by atoms with Gasteiger partial charge < -0.3 is 15.3 Å². The molecule has 0 bridgehead atoms. The van der Waals surface area contributed by atoms with E-state index in [0.717, 1.165) is 0 Å². The number of nitrogens with one attached hydrogen (secondary N) is 1. The Balaban J connectivity index is 1.67. The second kappa shape index (κ2) is 6.39. The van der Waals surface area contributed by atoms with Gasteiger partial charge in [0.2, 0.25) is 0 Å². The minimum Gasteiger partial charge on any atom is -0.389 e. The van der Waals surface area contributed by atoms with E-state index in [9.17, 15) is 19.6 Å². The zero-order valence-corrected chi connectivity index (χ0v) is 15.1. The summed E-state index contributed by atoms with van der Waals surface area (Å²) in [6.07, 6.45) is 1.34. The molecule has 8 nitrogen and oxygen atoms in total. The van der Waals surface area contributed by atoms with Gasteiger partial charge in [-0.2, -0.15) is 10.4 Å². The maximum absolute atomic E-state index is 14.6. The number of nitriles is 1. The summed E-state index contributed by atoms with van der Waals surface area (Å²) in [4.78, 5) is 18.7. The largest absolute Gasteiger partial charge is 0.389 e. The van der Waals surface area contributed by atoms with Gasteiger partial charge in [0.05, 0.1) is 52.5 Å². The summed E-state index contributed by atoms with van der Waals surface area (Å²) in [5.74, 6) is -0.167. The quantitative estimate of drug-likeness (QED) is 0.700. The van der Waals surface area contributed by atoms with E-state index in [1.807, 2.05) is 11.0 Å². The summed E-state index contributed by atoms with van der Waals surface area (Å²) in [7, 11) is 0. The first-order valence-corrected chi connectivity index (χ1v) is 9.05. The SMILES string of the molecule is N#Cc1cccc(F)c1-c1cc(-n2ccc(N3CC(O)C3)n2)c2c(n1)CNC2=O. The Morgan fingerprint density at radius 1 is 1.28 bits per heavy atom. The van der Waals surface area contributed by atoms with Crippen LogP contribution in [0.25, 0.3) is 16.9 Å². The van der Waals surface area contributed by atoms with Crippen LogP contribution in [-0.4, -0.2) is 45.0 Å². The van der Waals surface area contributed by atoms with E-state index in [0.29, 0.717) is 35.9 Å². The molecule has 0 radical (unpaired) electrons. The zero-order chi connectivity index (χ0) is 20.1. The highest BCUT2D eigenvalue weighted by Crippen LogP contribution is 2.31. The number of anilines is 1. The number of benzene rings is 1. The molecule has 9 heteroatoms. The van der Waals surface area contributed by atoms with Gasteiger partial charge >= 0.3 is 0 Å². The van der Waals surface area contributed by atoms with Crippen LogP contribution in [0.1, 0.15) is 21.6 Å². The smallest absolute Gasteiger partial charge is 0.255 e. The molecule has 1 saturated heterocycles. The van der Waals surface area contributed by atoms with Gasteiger partial charge in [0, 0.05) is 25.4 Å². The number of aromatic nitrogens is 3. The number of fused-ring (bicyclic) bond motifs is 1. The van der Waals surface area contributed by atoms with Crippen LogP contribution in [0.4, 0.5) is 10.2 Å². The minimum absolute atomic E-state index is 0.0941. The molecule has 1 fully saturated rings. The van der Waals surface area contributed by atoms with Gasteiger partial charge in [-0.3, -0.25) is 4.79 Å². The Hall–Kier alpha value is -3.77. The average Bonchev–Trinajstić information content (AvgIpc) is 3.32. The number of aliphatic hydroxyl groups excluding tert-OH is 1. The average molecular weight is 390 g/mol. The molecular formula is C20H15FN6O2. The number of aliphatic hydroxyl groups is 1. The van der Waals surface area contributed by atoms with Crippen LogP contribution < -0.4 is 10.2 Å². The van der Waals surface area contributed by atoms with Gasteiger partial charge in [0.25, 0.3) is 5.91 Å². The fourth-order valence-corrected chi connectivity index (χ4v) is 3.66. The van der Waals surface area contributed by atoms with Crippen LogP contribution >= 0.6 is 0 Å². The summed E-state index contributed by atoms with van der Waals surface area (Å²) in [6.45, 7) is 1.22. The number of halogens is 1. The molecule has 3 aromatic rings. The van der Waals surface area contributed by atoms with E-state index in [1.54, 1.807) is 23.0 Å². The third kappa shape index (κ3) is 2.73. The number of carbonyl (C=O) groups excluding carboxylic acids is 1. The summed E-state index contributed by atoms with van der Waals surface area (Å²) in [6, 6.07) is 9.62. The molecule has 0 atom stereocenters. The molecule has 4 heterocycles. The normalized spacial score (nSPS) is 15.6. The lowest BCUT2D eigenvalue weighted by Gasteiger charge is -2.35. The molecule has 2 aliphatic heterocycles. The van der Waals surface area contributed by atoms with Crippen molar-refractivity contribution < 1.29 is 14.3 Å². The number of amides is 1. The van der Waals surface area contributed by atoms with Crippen molar-refractivity contribution in [2.75, 3.05) is 18.0 Å². The number of pyridine rings is 1. The monoisotopic (exact) mass is 390 g/mol. The molecule has 1 amide bonds. The second-order valence-electron chi connectivity index (χ2n) is 6.98. The fourth-order valence-electron chi connectivity index (χ4n) is 3.66. The van der Waals surface area contributed by atoms with Crippen LogP contribution in [0, 0.1) is 17.1 Å². The topological polar surface area (TPSA) is 107 Å². The molecule has 2 aliphatic rings. The van der Waals surface area contributed by atoms with Crippen molar-refractivity contribution >= 4 is 11.7 Å². The molecular weight excluding hydrogens is 375 g/mol. The van der Waals surface area contributed by atoms with Crippen molar-refractivity contribution in [1.29, 1.82) is 5.26 Å². The second-order valence-corrected chi connectivity index (χ2v) is 6.98. The first-order chi connectivity index (χ1) is 14.0. The third-order valence-corrected chi connectivity index (χ3v) is 5.12. The van der Waals surface area contributed by atoms with E-state index < -0.39 is 5.82 Å². The number of β-amino-alcohol motifs (C(OH)–C–C–N with tert-alkyl or cyclic N) is 1. The van der Waals surface area contributed by atoms with Crippen LogP contribution in [-0.2, 0) is 6.54 Å². The van der Waals surface area contributed by atoms with Crippen molar-refractivity contribution in [2.45, 2.75) is 12.6 Å². The zero-order valence-electron chi connectivity index (χ0n) is 15.1. The molecule has 29 heavy (non-hydrogen) atoms. The van der Waals surface area contributed by atoms with Crippen LogP contribution in [0.15, 0.2) is 36.5 Å². The molecule has 5 rings (SSSR count). The van der Waals surface area contributed by atoms with Gasteiger partial charge in [-0.15, -0.1) is 0 Å². The summed E-state index contributed by atoms with van der Waals surface area (Å²) in [5.41, 5.74) is 1.83. The highest BCUT2D eigenvalue weighted by Gasteiger charge is 2.29. The molecule has 2 aromatic heterocycles. The Kier molecular flexibility index (Phi) is 3.82. The number of nitrogens with zero attached hydrogens (tertiary/aromatic N) is 5. The summed E-state index contributed by atoms with van der Waals surface area (Å²) >= 11 is 0. The first-order valence-electron chi connectivity index (χ1n) is 9.05. The molecule has 0 saturated carbocycles. The van der Waals surface area contributed by atoms with Gasteiger partial charge in [-0.1, -0.05) is 6.07 Å². The number of carbonyl (C=O) groups is 1. The lowest BCUT2D eigenvalue weighted by atomic mass is 10.0. The fraction of sp³-hybridized carbons (Fsp3) is 0.200. The highest BCUT2D eigenvalue weighted by atomic mass is 19.1. The summed E-state index contributed by atoms with van der Waals surface area (Å²) < 4.78 is 16.1. The van der Waals surface area contributed by atoms with Crippen molar-refractivity contribution in [3.63, 3.8) is 0 Å². The van der Waals surface area contributed by atoms with Crippen LogP contribution in [0.3, 0.4) is 0 Å².